The first kappa shape index (κ1) is 17.8. The molecule has 3 heterocycles. The van der Waals surface area contributed by atoms with Crippen LogP contribution in [0.25, 0.3) is 11.0 Å². The fourth-order valence-corrected chi connectivity index (χ4v) is 3.04. The molecule has 2 aromatic rings. The number of carbonyl (C=O) groups is 1. The van der Waals surface area contributed by atoms with Crippen LogP contribution >= 0.6 is 0 Å². The second-order valence-corrected chi connectivity index (χ2v) is 6.31. The van der Waals surface area contributed by atoms with E-state index in [4.69, 9.17) is 0 Å². The van der Waals surface area contributed by atoms with E-state index in [-0.39, 0.29) is 18.5 Å². The number of rotatable bonds is 3. The van der Waals surface area contributed by atoms with Crippen LogP contribution in [0.4, 0.5) is 23.7 Å². The normalized spacial score (nSPS) is 20.2. The topological polar surface area (TPSA) is 96.8 Å². The van der Waals surface area contributed by atoms with Crippen LogP contribution in [0, 0.1) is 17.2 Å². The van der Waals surface area contributed by atoms with Gasteiger partial charge in [0.15, 0.2) is 0 Å². The summed E-state index contributed by atoms with van der Waals surface area (Å²) in [6.45, 7) is 1.10. The number of aromatic nitrogens is 2. The van der Waals surface area contributed by atoms with Crippen molar-refractivity contribution in [2.75, 3.05) is 25.0 Å². The number of likely N-dealkylation sites (tertiary alicyclic amines) is 1. The lowest BCUT2D eigenvalue weighted by atomic mass is 10.1. The van der Waals surface area contributed by atoms with Crippen molar-refractivity contribution in [3.63, 3.8) is 0 Å². The van der Waals surface area contributed by atoms with Crippen molar-refractivity contribution in [2.45, 2.75) is 19.1 Å². The molecule has 3 rings (SSSR count). The number of H-pyrrole nitrogens is 1. The third-order valence-corrected chi connectivity index (χ3v) is 4.38. The Morgan fingerprint density at radius 1 is 1.50 bits per heavy atom. The van der Waals surface area contributed by atoms with Crippen LogP contribution in [-0.4, -0.2) is 52.8 Å². The summed E-state index contributed by atoms with van der Waals surface area (Å²) < 4.78 is 36.8. The number of nitriles is 1. The number of anilines is 1. The summed E-state index contributed by atoms with van der Waals surface area (Å²) in [6.07, 6.45) is -1.29. The summed E-state index contributed by atoms with van der Waals surface area (Å²) in [7, 11) is 0. The highest BCUT2D eigenvalue weighted by atomic mass is 19.4. The minimum Gasteiger partial charge on any atom is -0.378 e. The Balaban J connectivity index is 1.73. The molecule has 1 saturated heterocycles. The van der Waals surface area contributed by atoms with Crippen LogP contribution in [0.5, 0.6) is 0 Å². The van der Waals surface area contributed by atoms with E-state index < -0.39 is 18.8 Å². The molecule has 0 aliphatic carbocycles. The summed E-state index contributed by atoms with van der Waals surface area (Å²) in [5, 5.41) is 15.2. The zero-order chi connectivity index (χ0) is 18.9. The Hall–Kier alpha value is -2.96. The summed E-state index contributed by atoms with van der Waals surface area (Å²) in [5.41, 5.74) is 1.59. The number of hydrogen-bond donors (Lipinski definition) is 3. The molecule has 2 atom stereocenters. The molecule has 0 radical (unpaired) electrons. The van der Waals surface area contributed by atoms with Gasteiger partial charge in [0.2, 0.25) is 0 Å². The van der Waals surface area contributed by atoms with Crippen molar-refractivity contribution in [1.29, 1.82) is 5.26 Å². The van der Waals surface area contributed by atoms with Crippen LogP contribution in [0.15, 0.2) is 18.5 Å². The van der Waals surface area contributed by atoms with Crippen molar-refractivity contribution in [1.82, 2.24) is 20.2 Å². The number of fused-ring (bicyclic) bond motifs is 1. The number of amides is 2. The molecule has 138 valence electrons. The predicted octanol–water partition coefficient (Wildman–Crippen LogP) is 2.44. The highest BCUT2D eigenvalue weighted by Gasteiger charge is 2.35. The lowest BCUT2D eigenvalue weighted by molar-refractivity contribution is -0.123. The van der Waals surface area contributed by atoms with Gasteiger partial charge in [0.1, 0.15) is 18.3 Å². The van der Waals surface area contributed by atoms with Gasteiger partial charge in [0.05, 0.1) is 11.3 Å². The van der Waals surface area contributed by atoms with E-state index in [0.717, 1.165) is 5.39 Å². The standard InChI is InChI=1S/C16H17F3N6O/c1-9-6-25(15(26)23-8-16(17,18)19)7-12(9)24-13-10(4-20)5-22-14-11(13)2-3-21-14/h2-3,5,9,12H,6-8H2,1H3,(H,23,26)(H2,21,22,24). The Labute approximate surface area is 147 Å². The number of halogens is 3. The number of nitrogens with zero attached hydrogens (tertiary/aromatic N) is 3. The summed E-state index contributed by atoms with van der Waals surface area (Å²) >= 11 is 0. The Morgan fingerprint density at radius 3 is 2.96 bits per heavy atom. The number of pyridine rings is 1. The number of aromatic amines is 1. The number of carbonyl (C=O) groups excluding carboxylic acids is 1. The first-order chi connectivity index (χ1) is 12.3. The SMILES string of the molecule is CC1CN(C(=O)NCC(F)(F)F)CC1Nc1c(C#N)cnc2[nH]ccc12. The zero-order valence-corrected chi connectivity index (χ0v) is 13.9. The highest BCUT2D eigenvalue weighted by molar-refractivity contribution is 5.92. The van der Waals surface area contributed by atoms with E-state index in [9.17, 15) is 23.2 Å². The molecule has 26 heavy (non-hydrogen) atoms. The van der Waals surface area contributed by atoms with Crippen molar-refractivity contribution in [3.8, 4) is 6.07 Å². The van der Waals surface area contributed by atoms with Gasteiger partial charge in [-0.15, -0.1) is 0 Å². The fourth-order valence-electron chi connectivity index (χ4n) is 3.04. The van der Waals surface area contributed by atoms with Gasteiger partial charge in [-0.2, -0.15) is 18.4 Å². The van der Waals surface area contributed by atoms with Crippen LogP contribution in [0.2, 0.25) is 0 Å². The first-order valence-corrected chi connectivity index (χ1v) is 8.00. The van der Waals surface area contributed by atoms with Crippen molar-refractivity contribution >= 4 is 22.8 Å². The molecule has 0 bridgehead atoms. The molecule has 3 N–H and O–H groups in total. The second-order valence-electron chi connectivity index (χ2n) is 6.31. The molecule has 0 aromatic carbocycles. The fraction of sp³-hybridized carbons (Fsp3) is 0.438. The lowest BCUT2D eigenvalue weighted by Gasteiger charge is -2.20. The van der Waals surface area contributed by atoms with E-state index in [2.05, 4.69) is 21.4 Å². The summed E-state index contributed by atoms with van der Waals surface area (Å²) in [5.74, 6) is 0.000312. The Morgan fingerprint density at radius 2 is 2.27 bits per heavy atom. The van der Waals surface area contributed by atoms with Crippen molar-refractivity contribution in [2.24, 2.45) is 5.92 Å². The molecule has 0 saturated carbocycles. The average molecular weight is 366 g/mol. The first-order valence-electron chi connectivity index (χ1n) is 8.00. The molecule has 2 unspecified atom stereocenters. The smallest absolute Gasteiger partial charge is 0.378 e. The minimum absolute atomic E-state index is 0.000312. The number of alkyl halides is 3. The molecule has 10 heteroatoms. The average Bonchev–Trinajstić information content (AvgIpc) is 3.19. The van der Waals surface area contributed by atoms with Crippen molar-refractivity contribution in [3.05, 3.63) is 24.0 Å². The molecule has 2 amide bonds. The number of hydrogen-bond acceptors (Lipinski definition) is 4. The van der Waals surface area contributed by atoms with E-state index >= 15 is 0 Å². The molecule has 1 fully saturated rings. The van der Waals surface area contributed by atoms with Gasteiger partial charge in [-0.05, 0) is 12.0 Å². The molecular weight excluding hydrogens is 349 g/mol. The maximum Gasteiger partial charge on any atom is 0.405 e. The molecule has 7 nitrogen and oxygen atoms in total. The largest absolute Gasteiger partial charge is 0.405 e. The predicted molar refractivity (Wildman–Crippen MR) is 88.4 cm³/mol. The molecule has 1 aliphatic rings. The van der Waals surface area contributed by atoms with Crippen LogP contribution in [0.1, 0.15) is 12.5 Å². The maximum atomic E-state index is 12.3. The van der Waals surface area contributed by atoms with Gasteiger partial charge in [-0.3, -0.25) is 0 Å². The number of nitrogens with one attached hydrogen (secondary N) is 3. The molecule has 2 aromatic heterocycles. The van der Waals surface area contributed by atoms with Gasteiger partial charge in [0.25, 0.3) is 0 Å². The molecule has 0 spiro atoms. The Kier molecular flexibility index (Phi) is 4.63. The van der Waals surface area contributed by atoms with Gasteiger partial charge < -0.3 is 20.5 Å². The molecular formula is C16H17F3N6O. The third-order valence-electron chi connectivity index (χ3n) is 4.38. The van der Waals surface area contributed by atoms with Crippen LogP contribution in [-0.2, 0) is 0 Å². The third kappa shape index (κ3) is 3.66. The quantitative estimate of drug-likeness (QED) is 0.777. The van der Waals surface area contributed by atoms with Crippen LogP contribution < -0.4 is 10.6 Å². The van der Waals surface area contributed by atoms with Crippen LogP contribution in [0.3, 0.4) is 0 Å². The number of urea groups is 1. The van der Waals surface area contributed by atoms with Gasteiger partial charge in [-0.1, -0.05) is 6.92 Å². The van der Waals surface area contributed by atoms with E-state index in [1.807, 2.05) is 12.2 Å². The second kappa shape index (κ2) is 6.74. The van der Waals surface area contributed by atoms with E-state index in [1.54, 1.807) is 12.3 Å². The highest BCUT2D eigenvalue weighted by Crippen LogP contribution is 2.29. The maximum absolute atomic E-state index is 12.3. The minimum atomic E-state index is -4.45. The monoisotopic (exact) mass is 366 g/mol. The van der Waals surface area contributed by atoms with Gasteiger partial charge in [-0.25, -0.2) is 9.78 Å². The van der Waals surface area contributed by atoms with Crippen molar-refractivity contribution < 1.29 is 18.0 Å². The van der Waals surface area contributed by atoms with E-state index in [0.29, 0.717) is 23.4 Å². The lowest BCUT2D eigenvalue weighted by Crippen LogP contribution is -2.43. The Bertz CT molecular complexity index is 856. The summed E-state index contributed by atoms with van der Waals surface area (Å²) in [6, 6.07) is 2.93. The van der Waals surface area contributed by atoms with Gasteiger partial charge >= 0.3 is 12.2 Å². The van der Waals surface area contributed by atoms with Gasteiger partial charge in [0, 0.05) is 36.9 Å². The summed E-state index contributed by atoms with van der Waals surface area (Å²) in [4.78, 5) is 20.4. The zero-order valence-electron chi connectivity index (χ0n) is 13.9. The molecule has 1 aliphatic heterocycles. The van der Waals surface area contributed by atoms with E-state index in [1.165, 1.54) is 11.1 Å².